The summed E-state index contributed by atoms with van der Waals surface area (Å²) in [6, 6.07) is 8.33. The molecule has 3 rings (SSSR count). The van der Waals surface area contributed by atoms with Crippen LogP contribution in [0.1, 0.15) is 22.7 Å². The van der Waals surface area contributed by atoms with Gasteiger partial charge in [0.1, 0.15) is 11.6 Å². The van der Waals surface area contributed by atoms with E-state index in [-0.39, 0.29) is 10.6 Å². The normalized spacial score (nSPS) is 16.8. The molecule has 26 heavy (non-hydrogen) atoms. The molecule has 1 aliphatic rings. The van der Waals surface area contributed by atoms with E-state index >= 15 is 0 Å². The summed E-state index contributed by atoms with van der Waals surface area (Å²) >= 11 is 0. The topological polar surface area (TPSA) is 92.7 Å². The number of sulfone groups is 1. The predicted molar refractivity (Wildman–Crippen MR) is 92.6 cm³/mol. The fourth-order valence-electron chi connectivity index (χ4n) is 3.21. The van der Waals surface area contributed by atoms with Gasteiger partial charge in [-0.3, -0.25) is 0 Å². The number of halogens is 1. The Kier molecular flexibility index (Phi) is 4.97. The maximum atomic E-state index is 13.8. The highest BCUT2D eigenvalue weighted by molar-refractivity contribution is 7.90. The van der Waals surface area contributed by atoms with Gasteiger partial charge in [-0.1, -0.05) is 12.1 Å². The minimum Gasteiger partial charge on any atom is -0.482 e. The second-order valence-corrected chi connectivity index (χ2v) is 8.08. The molecule has 6 nitrogen and oxygen atoms in total. The van der Waals surface area contributed by atoms with Crippen molar-refractivity contribution in [3.63, 3.8) is 0 Å². The molecule has 0 saturated heterocycles. The number of rotatable bonds is 5. The number of benzene rings is 2. The Bertz CT molecular complexity index is 958. The van der Waals surface area contributed by atoms with Crippen LogP contribution in [0.4, 0.5) is 4.39 Å². The average Bonchev–Trinajstić information content (AvgIpc) is 2.58. The van der Waals surface area contributed by atoms with E-state index in [9.17, 15) is 17.6 Å². The number of carboxylic acids is 1. The molecule has 0 aliphatic carbocycles. The van der Waals surface area contributed by atoms with E-state index in [1.807, 2.05) is 0 Å². The van der Waals surface area contributed by atoms with Gasteiger partial charge >= 0.3 is 5.97 Å². The lowest BCUT2D eigenvalue weighted by molar-refractivity contribution is -0.139. The van der Waals surface area contributed by atoms with Crippen molar-refractivity contribution >= 4 is 15.8 Å². The Balaban J connectivity index is 2.11. The molecule has 1 aliphatic heterocycles. The van der Waals surface area contributed by atoms with Gasteiger partial charge in [-0.25, -0.2) is 17.6 Å². The molecule has 0 fully saturated rings. The van der Waals surface area contributed by atoms with Crippen molar-refractivity contribution in [1.29, 1.82) is 0 Å². The summed E-state index contributed by atoms with van der Waals surface area (Å²) in [5.41, 5.74) is 1.83. The first-order chi connectivity index (χ1) is 12.3. The molecule has 2 aromatic carbocycles. The maximum Gasteiger partial charge on any atom is 0.341 e. The fraction of sp³-hybridized carbons (Fsp3) is 0.278. The number of hydrogen-bond donors (Lipinski definition) is 2. The number of ether oxygens (including phenoxy) is 1. The zero-order valence-electron chi connectivity index (χ0n) is 14.0. The zero-order chi connectivity index (χ0) is 18.9. The highest BCUT2D eigenvalue weighted by Crippen LogP contribution is 2.36. The highest BCUT2D eigenvalue weighted by Gasteiger charge is 2.28. The molecule has 0 amide bonds. The second-order valence-electron chi connectivity index (χ2n) is 6.10. The average molecular weight is 379 g/mol. The van der Waals surface area contributed by atoms with Crippen LogP contribution < -0.4 is 10.1 Å². The van der Waals surface area contributed by atoms with Gasteiger partial charge in [-0.2, -0.15) is 0 Å². The summed E-state index contributed by atoms with van der Waals surface area (Å²) in [7, 11) is -3.40. The van der Waals surface area contributed by atoms with Gasteiger partial charge < -0.3 is 15.2 Å². The van der Waals surface area contributed by atoms with Crippen molar-refractivity contribution in [2.24, 2.45) is 0 Å². The summed E-state index contributed by atoms with van der Waals surface area (Å²) in [6.07, 6.45) is 1.68. The lowest BCUT2D eigenvalue weighted by atomic mass is 9.89. The van der Waals surface area contributed by atoms with Crippen LogP contribution in [0.5, 0.6) is 5.75 Å². The Labute approximate surface area is 150 Å². The molecule has 0 bridgehead atoms. The van der Waals surface area contributed by atoms with Crippen molar-refractivity contribution in [3.8, 4) is 5.75 Å². The van der Waals surface area contributed by atoms with E-state index in [1.54, 1.807) is 18.2 Å². The van der Waals surface area contributed by atoms with E-state index in [0.717, 1.165) is 6.26 Å². The molecule has 2 N–H and O–H groups in total. The number of carbonyl (C=O) groups is 1. The summed E-state index contributed by atoms with van der Waals surface area (Å²) in [5, 5.41) is 12.1. The van der Waals surface area contributed by atoms with Gasteiger partial charge in [-0.15, -0.1) is 0 Å². The molecule has 1 unspecified atom stereocenters. The monoisotopic (exact) mass is 379 g/mol. The number of carboxylic acid groups (broad SMARTS) is 1. The van der Waals surface area contributed by atoms with Crippen molar-refractivity contribution in [3.05, 3.63) is 58.9 Å². The van der Waals surface area contributed by atoms with Gasteiger partial charge in [0.15, 0.2) is 16.4 Å². The molecule has 0 aromatic heterocycles. The van der Waals surface area contributed by atoms with E-state index in [4.69, 9.17) is 9.84 Å². The lowest BCUT2D eigenvalue weighted by Gasteiger charge is -2.29. The van der Waals surface area contributed by atoms with Crippen LogP contribution in [-0.2, 0) is 21.1 Å². The molecule has 2 aromatic rings. The van der Waals surface area contributed by atoms with Crippen LogP contribution in [0.3, 0.4) is 0 Å². The third-order valence-corrected chi connectivity index (χ3v) is 5.42. The highest BCUT2D eigenvalue weighted by atomic mass is 32.2. The van der Waals surface area contributed by atoms with Gasteiger partial charge in [-0.05, 0) is 41.8 Å². The predicted octanol–water partition coefficient (Wildman–Crippen LogP) is 1.93. The Morgan fingerprint density at radius 1 is 1.31 bits per heavy atom. The summed E-state index contributed by atoms with van der Waals surface area (Å²) < 4.78 is 43.3. The number of hydrogen-bond acceptors (Lipinski definition) is 5. The Morgan fingerprint density at radius 3 is 2.77 bits per heavy atom. The van der Waals surface area contributed by atoms with Crippen molar-refractivity contribution < 1.29 is 27.4 Å². The van der Waals surface area contributed by atoms with Crippen LogP contribution in [0.2, 0.25) is 0 Å². The smallest absolute Gasteiger partial charge is 0.341 e. The van der Waals surface area contributed by atoms with Crippen molar-refractivity contribution in [2.75, 3.05) is 19.4 Å². The number of fused-ring (bicyclic) bond motifs is 1. The Hall–Kier alpha value is -2.45. The summed E-state index contributed by atoms with van der Waals surface area (Å²) in [6.45, 7) is -0.0549. The van der Waals surface area contributed by atoms with Gasteiger partial charge in [0.25, 0.3) is 0 Å². The number of aliphatic carboxylic acids is 1. The molecular weight excluding hydrogens is 361 g/mol. The molecule has 138 valence electrons. The van der Waals surface area contributed by atoms with Gasteiger partial charge in [0.2, 0.25) is 0 Å². The fourth-order valence-corrected chi connectivity index (χ4v) is 4.21. The van der Waals surface area contributed by atoms with E-state index in [1.165, 1.54) is 18.2 Å². The maximum absolute atomic E-state index is 13.8. The first-order valence-electron chi connectivity index (χ1n) is 7.96. The number of nitrogens with one attached hydrogen (secondary N) is 1. The van der Waals surface area contributed by atoms with Crippen molar-refractivity contribution in [1.82, 2.24) is 5.32 Å². The van der Waals surface area contributed by atoms with Crippen LogP contribution >= 0.6 is 0 Å². The van der Waals surface area contributed by atoms with Crippen molar-refractivity contribution in [2.45, 2.75) is 17.4 Å². The summed E-state index contributed by atoms with van der Waals surface area (Å²) in [4.78, 5) is 11.1. The van der Waals surface area contributed by atoms with E-state index in [0.29, 0.717) is 29.7 Å². The van der Waals surface area contributed by atoms with Crippen LogP contribution in [-0.4, -0.2) is 38.9 Å². The van der Waals surface area contributed by atoms with Crippen LogP contribution in [0.15, 0.2) is 41.3 Å². The minimum absolute atomic E-state index is 0.240. The first-order valence-corrected chi connectivity index (χ1v) is 9.86. The molecule has 8 heteroatoms. The third kappa shape index (κ3) is 3.71. The lowest BCUT2D eigenvalue weighted by Crippen LogP contribution is -2.32. The first kappa shape index (κ1) is 18.3. The largest absolute Gasteiger partial charge is 0.482 e. The van der Waals surface area contributed by atoms with E-state index < -0.39 is 34.3 Å². The minimum atomic E-state index is -3.40. The third-order valence-electron chi connectivity index (χ3n) is 4.24. The summed E-state index contributed by atoms with van der Waals surface area (Å²) in [5.74, 6) is -1.39. The standard InChI is InChI=1S/C18H18FNO5S/c1-26(23,24)16-4-2-3-13-12(16)7-8-20-18(13)14-9-11(19)5-6-15(14)25-10-17(21)22/h2-6,9,18,20H,7-8,10H2,1H3,(H,21,22). The molecule has 0 radical (unpaired) electrons. The zero-order valence-corrected chi connectivity index (χ0v) is 14.8. The molecule has 1 heterocycles. The molecule has 1 atom stereocenters. The quantitative estimate of drug-likeness (QED) is 0.825. The molecular formula is C18H18FNO5S. The van der Waals surface area contributed by atoms with E-state index in [2.05, 4.69) is 5.32 Å². The van der Waals surface area contributed by atoms with Crippen LogP contribution in [0.25, 0.3) is 0 Å². The molecule has 0 saturated carbocycles. The van der Waals surface area contributed by atoms with Gasteiger partial charge in [0, 0.05) is 18.4 Å². The second kappa shape index (κ2) is 7.05. The SMILES string of the molecule is CS(=O)(=O)c1cccc2c1CCNC2c1cc(F)ccc1OCC(=O)O. The van der Waals surface area contributed by atoms with Crippen LogP contribution in [0, 0.1) is 5.82 Å². The molecule has 0 spiro atoms. The Morgan fingerprint density at radius 2 is 2.08 bits per heavy atom. The van der Waals surface area contributed by atoms with Gasteiger partial charge in [0.05, 0.1) is 10.9 Å².